The first-order valence-electron chi connectivity index (χ1n) is 6.52. The molecule has 1 aromatic carbocycles. The number of hydrogen-bond acceptors (Lipinski definition) is 2. The molecule has 0 saturated heterocycles. The van der Waals surface area contributed by atoms with Crippen molar-refractivity contribution in [2.45, 2.75) is 25.7 Å². The fraction of sp³-hybridized carbons (Fsp3) is 0.400. The number of rotatable bonds is 5. The predicted molar refractivity (Wildman–Crippen MR) is 74.0 cm³/mol. The van der Waals surface area contributed by atoms with E-state index in [9.17, 15) is 4.79 Å². The minimum atomic E-state index is 0.155. The Bertz CT molecular complexity index is 423. The first-order valence-corrected chi connectivity index (χ1v) is 6.52. The van der Waals surface area contributed by atoms with Crippen molar-refractivity contribution >= 4 is 11.6 Å². The summed E-state index contributed by atoms with van der Waals surface area (Å²) in [5, 5.41) is 2.97. The Labute approximate surface area is 108 Å². The monoisotopic (exact) mass is 244 g/mol. The Morgan fingerprint density at radius 3 is 2.78 bits per heavy atom. The third-order valence-corrected chi connectivity index (χ3v) is 3.28. The zero-order valence-electron chi connectivity index (χ0n) is 10.6. The molecule has 0 heterocycles. The van der Waals surface area contributed by atoms with Crippen molar-refractivity contribution in [3.8, 4) is 0 Å². The number of benzene rings is 1. The van der Waals surface area contributed by atoms with E-state index in [0.29, 0.717) is 18.9 Å². The lowest BCUT2D eigenvalue weighted by atomic mass is 10.0. The van der Waals surface area contributed by atoms with Crippen molar-refractivity contribution in [2.24, 2.45) is 5.92 Å². The summed E-state index contributed by atoms with van der Waals surface area (Å²) in [6, 6.07) is 7.78. The maximum Gasteiger partial charge on any atom is 0.220 e. The second-order valence-corrected chi connectivity index (χ2v) is 4.81. The molecule has 3 nitrogen and oxygen atoms in total. The molecule has 2 rings (SSSR count). The van der Waals surface area contributed by atoms with Crippen LogP contribution in [0.15, 0.2) is 36.4 Å². The topological polar surface area (TPSA) is 55.1 Å². The number of nitrogens with two attached hydrogens (primary N) is 1. The van der Waals surface area contributed by atoms with Gasteiger partial charge in [-0.1, -0.05) is 24.3 Å². The van der Waals surface area contributed by atoms with Crippen LogP contribution < -0.4 is 11.1 Å². The van der Waals surface area contributed by atoms with E-state index in [1.54, 1.807) is 0 Å². The van der Waals surface area contributed by atoms with Crippen molar-refractivity contribution in [1.29, 1.82) is 0 Å². The number of nitrogens with one attached hydrogen (secondary N) is 1. The smallest absolute Gasteiger partial charge is 0.220 e. The van der Waals surface area contributed by atoms with Gasteiger partial charge in [0.15, 0.2) is 0 Å². The highest BCUT2D eigenvalue weighted by molar-refractivity contribution is 5.76. The van der Waals surface area contributed by atoms with Crippen LogP contribution in [-0.2, 0) is 11.2 Å². The SMILES string of the molecule is Nc1ccc(CCNC(=O)CC2C=CCC2)cc1. The van der Waals surface area contributed by atoms with Crippen molar-refractivity contribution in [3.05, 3.63) is 42.0 Å². The largest absolute Gasteiger partial charge is 0.399 e. The van der Waals surface area contributed by atoms with Crippen LogP contribution in [0.5, 0.6) is 0 Å². The van der Waals surface area contributed by atoms with Gasteiger partial charge >= 0.3 is 0 Å². The molecule has 3 N–H and O–H groups in total. The second kappa shape index (κ2) is 6.24. The Kier molecular flexibility index (Phi) is 4.40. The van der Waals surface area contributed by atoms with Gasteiger partial charge in [-0.05, 0) is 42.9 Å². The normalized spacial score (nSPS) is 17.9. The van der Waals surface area contributed by atoms with Crippen molar-refractivity contribution in [1.82, 2.24) is 5.32 Å². The van der Waals surface area contributed by atoms with Crippen molar-refractivity contribution in [3.63, 3.8) is 0 Å². The van der Waals surface area contributed by atoms with Crippen LogP contribution in [0, 0.1) is 5.92 Å². The summed E-state index contributed by atoms with van der Waals surface area (Å²) in [6.07, 6.45) is 8.02. The lowest BCUT2D eigenvalue weighted by molar-refractivity contribution is -0.121. The highest BCUT2D eigenvalue weighted by Gasteiger charge is 2.13. The van der Waals surface area contributed by atoms with Crippen LogP contribution in [0.25, 0.3) is 0 Å². The van der Waals surface area contributed by atoms with E-state index in [1.165, 1.54) is 5.56 Å². The standard InChI is InChI=1S/C15H20N2O/c16-14-7-5-12(6-8-14)9-10-17-15(18)11-13-3-1-2-4-13/h1,3,5-8,13H,2,4,9-11,16H2,(H,17,18). The lowest BCUT2D eigenvalue weighted by Gasteiger charge is -2.08. The molecule has 96 valence electrons. The molecule has 0 aliphatic heterocycles. The highest BCUT2D eigenvalue weighted by atomic mass is 16.1. The lowest BCUT2D eigenvalue weighted by Crippen LogP contribution is -2.26. The summed E-state index contributed by atoms with van der Waals surface area (Å²) in [5.74, 6) is 0.600. The van der Waals surface area contributed by atoms with Gasteiger partial charge in [-0.2, -0.15) is 0 Å². The number of nitrogen functional groups attached to an aromatic ring is 1. The Balaban J connectivity index is 1.66. The molecule has 0 bridgehead atoms. The molecule has 0 fully saturated rings. The van der Waals surface area contributed by atoms with Gasteiger partial charge in [0.25, 0.3) is 0 Å². The molecule has 1 atom stereocenters. The van der Waals surface area contributed by atoms with Crippen LogP contribution in [0.4, 0.5) is 5.69 Å². The van der Waals surface area contributed by atoms with Crippen molar-refractivity contribution < 1.29 is 4.79 Å². The average molecular weight is 244 g/mol. The molecule has 1 aliphatic carbocycles. The fourth-order valence-corrected chi connectivity index (χ4v) is 2.21. The predicted octanol–water partition coefficient (Wildman–Crippen LogP) is 2.28. The molecule has 0 radical (unpaired) electrons. The average Bonchev–Trinajstić information content (AvgIpc) is 2.84. The first-order chi connectivity index (χ1) is 8.74. The second-order valence-electron chi connectivity index (χ2n) is 4.81. The Hall–Kier alpha value is -1.77. The van der Waals surface area contributed by atoms with Gasteiger partial charge in [0.05, 0.1) is 0 Å². The Morgan fingerprint density at radius 1 is 1.33 bits per heavy atom. The summed E-state index contributed by atoms with van der Waals surface area (Å²) in [4.78, 5) is 11.7. The summed E-state index contributed by atoms with van der Waals surface area (Å²) in [7, 11) is 0. The number of hydrogen-bond donors (Lipinski definition) is 2. The van der Waals surface area contributed by atoms with E-state index >= 15 is 0 Å². The van der Waals surface area contributed by atoms with E-state index in [2.05, 4.69) is 17.5 Å². The minimum absolute atomic E-state index is 0.155. The van der Waals surface area contributed by atoms with E-state index in [4.69, 9.17) is 5.73 Å². The van der Waals surface area contributed by atoms with Gasteiger partial charge in [-0.15, -0.1) is 0 Å². The van der Waals surface area contributed by atoms with Gasteiger partial charge in [-0.25, -0.2) is 0 Å². The molecule has 1 aliphatic rings. The summed E-state index contributed by atoms with van der Waals surface area (Å²) in [5.41, 5.74) is 7.59. The minimum Gasteiger partial charge on any atom is -0.399 e. The van der Waals surface area contributed by atoms with E-state index in [0.717, 1.165) is 24.9 Å². The molecule has 0 spiro atoms. The molecular weight excluding hydrogens is 224 g/mol. The third kappa shape index (κ3) is 3.91. The highest BCUT2D eigenvalue weighted by Crippen LogP contribution is 2.19. The van der Waals surface area contributed by atoms with Crippen molar-refractivity contribution in [2.75, 3.05) is 12.3 Å². The molecular formula is C15H20N2O. The van der Waals surface area contributed by atoms with Crippen LogP contribution in [0.1, 0.15) is 24.8 Å². The van der Waals surface area contributed by atoms with Gasteiger partial charge < -0.3 is 11.1 Å². The van der Waals surface area contributed by atoms with E-state index < -0.39 is 0 Å². The third-order valence-electron chi connectivity index (χ3n) is 3.28. The maximum atomic E-state index is 11.7. The molecule has 1 unspecified atom stereocenters. The molecule has 0 saturated carbocycles. The quantitative estimate of drug-likeness (QED) is 0.616. The van der Waals surface area contributed by atoms with Crippen LogP contribution in [0.2, 0.25) is 0 Å². The molecule has 0 aromatic heterocycles. The maximum absolute atomic E-state index is 11.7. The first kappa shape index (κ1) is 12.7. The van der Waals surface area contributed by atoms with E-state index in [1.807, 2.05) is 24.3 Å². The van der Waals surface area contributed by atoms with Crippen LogP contribution >= 0.6 is 0 Å². The number of allylic oxidation sites excluding steroid dienone is 2. The van der Waals surface area contributed by atoms with Gasteiger partial charge in [0.2, 0.25) is 5.91 Å². The van der Waals surface area contributed by atoms with Gasteiger partial charge in [0.1, 0.15) is 0 Å². The summed E-state index contributed by atoms with van der Waals surface area (Å²) in [6.45, 7) is 0.694. The number of anilines is 1. The van der Waals surface area contributed by atoms with Crippen LogP contribution in [0.3, 0.4) is 0 Å². The summed E-state index contributed by atoms with van der Waals surface area (Å²) >= 11 is 0. The zero-order valence-corrected chi connectivity index (χ0v) is 10.6. The molecule has 18 heavy (non-hydrogen) atoms. The number of carbonyl (C=O) groups is 1. The number of amides is 1. The fourth-order valence-electron chi connectivity index (χ4n) is 2.21. The van der Waals surface area contributed by atoms with Gasteiger partial charge in [-0.3, -0.25) is 4.79 Å². The molecule has 3 heteroatoms. The zero-order chi connectivity index (χ0) is 12.8. The van der Waals surface area contributed by atoms with E-state index in [-0.39, 0.29) is 5.91 Å². The molecule has 1 aromatic rings. The van der Waals surface area contributed by atoms with Gasteiger partial charge in [0, 0.05) is 18.7 Å². The van der Waals surface area contributed by atoms with Crippen LogP contribution in [-0.4, -0.2) is 12.5 Å². The Morgan fingerprint density at radius 2 is 2.11 bits per heavy atom. The number of carbonyl (C=O) groups excluding carboxylic acids is 1. The molecule has 1 amide bonds. The summed E-state index contributed by atoms with van der Waals surface area (Å²) < 4.78 is 0.